The van der Waals surface area contributed by atoms with Crippen LogP contribution in [0.25, 0.3) is 0 Å². The third-order valence-electron chi connectivity index (χ3n) is 3.75. The van der Waals surface area contributed by atoms with Crippen LogP contribution in [0.3, 0.4) is 0 Å². The summed E-state index contributed by atoms with van der Waals surface area (Å²) >= 11 is 0. The number of aliphatic carboxylic acids is 1. The highest BCUT2D eigenvalue weighted by molar-refractivity contribution is 5.77. The zero-order valence-electron chi connectivity index (χ0n) is 9.44. The van der Waals surface area contributed by atoms with E-state index in [-0.39, 0.29) is 5.92 Å². The van der Waals surface area contributed by atoms with E-state index in [1.807, 2.05) is 11.7 Å². The summed E-state index contributed by atoms with van der Waals surface area (Å²) in [6.07, 6.45) is 5.07. The molecular formula is C12H16N2O2. The number of carboxylic acid groups (broad SMARTS) is 1. The molecule has 0 aromatic carbocycles. The largest absolute Gasteiger partial charge is 0.481 e. The third-order valence-corrected chi connectivity index (χ3v) is 3.75. The summed E-state index contributed by atoms with van der Waals surface area (Å²) in [5.41, 5.74) is 3.27. The van der Waals surface area contributed by atoms with Gasteiger partial charge >= 0.3 is 5.97 Å². The van der Waals surface area contributed by atoms with Crippen LogP contribution in [-0.4, -0.2) is 20.9 Å². The minimum Gasteiger partial charge on any atom is -0.481 e. The van der Waals surface area contributed by atoms with E-state index in [1.54, 1.807) is 0 Å². The van der Waals surface area contributed by atoms with Crippen LogP contribution in [0.5, 0.6) is 0 Å². The minimum absolute atomic E-state index is 0.312. The van der Waals surface area contributed by atoms with Gasteiger partial charge in [-0.2, -0.15) is 5.10 Å². The molecule has 16 heavy (non-hydrogen) atoms. The van der Waals surface area contributed by atoms with Crippen LogP contribution in [-0.2, 0) is 18.3 Å². The first-order valence-corrected chi connectivity index (χ1v) is 5.97. The highest BCUT2D eigenvalue weighted by Crippen LogP contribution is 2.45. The van der Waals surface area contributed by atoms with Gasteiger partial charge in [0.15, 0.2) is 0 Å². The van der Waals surface area contributed by atoms with Crippen molar-refractivity contribution >= 4 is 5.97 Å². The van der Waals surface area contributed by atoms with Crippen molar-refractivity contribution in [1.82, 2.24) is 9.78 Å². The SMILES string of the molecule is Cn1nc(C2CC2)c2c1CCCC2C(=O)O. The van der Waals surface area contributed by atoms with Crippen LogP contribution in [0.2, 0.25) is 0 Å². The third kappa shape index (κ3) is 1.36. The van der Waals surface area contributed by atoms with Crippen molar-refractivity contribution in [2.24, 2.45) is 7.05 Å². The van der Waals surface area contributed by atoms with Crippen LogP contribution in [0.15, 0.2) is 0 Å². The topological polar surface area (TPSA) is 55.1 Å². The Hall–Kier alpha value is -1.32. The maximum atomic E-state index is 11.3. The minimum atomic E-state index is -0.684. The summed E-state index contributed by atoms with van der Waals surface area (Å²) in [4.78, 5) is 11.3. The molecule has 4 nitrogen and oxygen atoms in total. The van der Waals surface area contributed by atoms with Crippen molar-refractivity contribution in [3.05, 3.63) is 17.0 Å². The Balaban J connectivity index is 2.12. The molecule has 1 atom stereocenters. The zero-order chi connectivity index (χ0) is 11.3. The summed E-state index contributed by atoms with van der Waals surface area (Å²) < 4.78 is 1.90. The van der Waals surface area contributed by atoms with Crippen LogP contribution in [0, 0.1) is 0 Å². The molecule has 86 valence electrons. The molecule has 1 fully saturated rings. The number of hydrogen-bond acceptors (Lipinski definition) is 2. The quantitative estimate of drug-likeness (QED) is 0.826. The van der Waals surface area contributed by atoms with Crippen LogP contribution in [0.1, 0.15) is 54.5 Å². The maximum Gasteiger partial charge on any atom is 0.311 e. The van der Waals surface area contributed by atoms with Crippen molar-refractivity contribution in [3.63, 3.8) is 0 Å². The lowest BCUT2D eigenvalue weighted by Crippen LogP contribution is -2.19. The van der Waals surface area contributed by atoms with Crippen molar-refractivity contribution in [2.45, 2.75) is 43.9 Å². The Labute approximate surface area is 94.3 Å². The summed E-state index contributed by atoms with van der Waals surface area (Å²) in [7, 11) is 1.94. The molecule has 0 amide bonds. The molecular weight excluding hydrogens is 204 g/mol. The van der Waals surface area contributed by atoms with E-state index in [4.69, 9.17) is 0 Å². The van der Waals surface area contributed by atoms with Gasteiger partial charge in [-0.15, -0.1) is 0 Å². The lowest BCUT2D eigenvalue weighted by atomic mass is 9.84. The average Bonchev–Trinajstić information content (AvgIpc) is 3.04. The Morgan fingerprint density at radius 1 is 1.44 bits per heavy atom. The van der Waals surface area contributed by atoms with Crippen molar-refractivity contribution < 1.29 is 9.90 Å². The first-order chi connectivity index (χ1) is 7.68. The monoisotopic (exact) mass is 220 g/mol. The van der Waals surface area contributed by atoms with E-state index in [9.17, 15) is 9.90 Å². The first kappa shape index (κ1) is 9.87. The number of rotatable bonds is 2. The summed E-state index contributed by atoms with van der Waals surface area (Å²) in [5.74, 6) is -0.459. The van der Waals surface area contributed by atoms with Crippen molar-refractivity contribution in [1.29, 1.82) is 0 Å². The molecule has 0 saturated heterocycles. The molecule has 1 saturated carbocycles. The summed E-state index contributed by atoms with van der Waals surface area (Å²) in [6, 6.07) is 0. The lowest BCUT2D eigenvalue weighted by Gasteiger charge is -2.20. The number of aryl methyl sites for hydroxylation is 1. The number of nitrogens with zero attached hydrogens (tertiary/aromatic N) is 2. The smallest absolute Gasteiger partial charge is 0.311 e. The standard InChI is InChI=1S/C12H16N2O2/c1-14-9-4-2-3-8(12(15)16)10(9)11(13-14)7-5-6-7/h7-8H,2-6H2,1H3,(H,15,16). The van der Waals surface area contributed by atoms with E-state index >= 15 is 0 Å². The molecule has 0 spiro atoms. The van der Waals surface area contributed by atoms with Crippen LogP contribution in [0.4, 0.5) is 0 Å². The average molecular weight is 220 g/mol. The molecule has 1 heterocycles. The highest BCUT2D eigenvalue weighted by Gasteiger charge is 2.37. The Kier molecular flexibility index (Phi) is 2.06. The van der Waals surface area contributed by atoms with Crippen LogP contribution < -0.4 is 0 Å². The Bertz CT molecular complexity index is 446. The molecule has 1 N–H and O–H groups in total. The van der Waals surface area contributed by atoms with Gasteiger partial charge in [0.25, 0.3) is 0 Å². The van der Waals surface area contributed by atoms with Gasteiger partial charge in [-0.25, -0.2) is 0 Å². The van der Waals surface area contributed by atoms with Gasteiger partial charge in [-0.3, -0.25) is 9.48 Å². The zero-order valence-corrected chi connectivity index (χ0v) is 9.44. The molecule has 1 unspecified atom stereocenters. The van der Waals surface area contributed by atoms with E-state index in [0.29, 0.717) is 5.92 Å². The van der Waals surface area contributed by atoms with Crippen molar-refractivity contribution in [2.75, 3.05) is 0 Å². The Morgan fingerprint density at radius 3 is 2.81 bits per heavy atom. The van der Waals surface area contributed by atoms with E-state index in [1.165, 1.54) is 12.8 Å². The second-order valence-electron chi connectivity index (χ2n) is 4.93. The molecule has 1 aromatic heterocycles. The van der Waals surface area contributed by atoms with Gasteiger partial charge in [0, 0.05) is 24.2 Å². The molecule has 1 aromatic rings. The molecule has 0 radical (unpaired) electrons. The maximum absolute atomic E-state index is 11.3. The van der Waals surface area contributed by atoms with Gasteiger partial charge in [0.1, 0.15) is 0 Å². The van der Waals surface area contributed by atoms with E-state index < -0.39 is 5.97 Å². The lowest BCUT2D eigenvalue weighted by molar-refractivity contribution is -0.139. The van der Waals surface area contributed by atoms with Crippen LogP contribution >= 0.6 is 0 Å². The summed E-state index contributed by atoms with van der Waals surface area (Å²) in [6.45, 7) is 0. The highest BCUT2D eigenvalue weighted by atomic mass is 16.4. The molecule has 2 aliphatic carbocycles. The van der Waals surface area contributed by atoms with Gasteiger partial charge in [-0.05, 0) is 32.1 Å². The second kappa shape index (κ2) is 3.34. The fourth-order valence-electron chi connectivity index (χ4n) is 2.80. The summed E-state index contributed by atoms with van der Waals surface area (Å²) in [5, 5.41) is 13.8. The fraction of sp³-hybridized carbons (Fsp3) is 0.667. The van der Waals surface area contributed by atoms with Gasteiger partial charge < -0.3 is 5.11 Å². The molecule has 0 bridgehead atoms. The second-order valence-corrected chi connectivity index (χ2v) is 4.93. The molecule has 3 rings (SSSR count). The number of hydrogen-bond donors (Lipinski definition) is 1. The molecule has 2 aliphatic rings. The fourth-order valence-corrected chi connectivity index (χ4v) is 2.80. The predicted octanol–water partition coefficient (Wildman–Crippen LogP) is 1.80. The number of carboxylic acids is 1. The number of fused-ring (bicyclic) bond motifs is 1. The van der Waals surface area contributed by atoms with E-state index in [2.05, 4.69) is 5.10 Å². The van der Waals surface area contributed by atoms with Gasteiger partial charge in [0.2, 0.25) is 0 Å². The van der Waals surface area contributed by atoms with E-state index in [0.717, 1.165) is 36.2 Å². The van der Waals surface area contributed by atoms with Gasteiger partial charge in [-0.1, -0.05) is 0 Å². The number of carbonyl (C=O) groups is 1. The normalized spacial score (nSPS) is 24.2. The Morgan fingerprint density at radius 2 is 2.19 bits per heavy atom. The first-order valence-electron chi connectivity index (χ1n) is 5.97. The van der Waals surface area contributed by atoms with Crippen molar-refractivity contribution in [3.8, 4) is 0 Å². The molecule has 4 heteroatoms. The number of aromatic nitrogens is 2. The molecule has 0 aliphatic heterocycles. The van der Waals surface area contributed by atoms with Gasteiger partial charge in [0.05, 0.1) is 11.6 Å². The predicted molar refractivity (Wildman–Crippen MR) is 58.5 cm³/mol.